The normalized spacial score (nSPS) is 11.4. The van der Waals surface area contributed by atoms with E-state index >= 15 is 0 Å². The van der Waals surface area contributed by atoms with Gasteiger partial charge in [-0.25, -0.2) is 18.7 Å². The molecule has 0 amide bonds. The molecule has 0 unspecified atom stereocenters. The Hall–Kier alpha value is -2.88. The average molecular weight is 264 g/mol. The van der Waals surface area contributed by atoms with Crippen LogP contribution in [-0.2, 0) is 0 Å². The fourth-order valence-electron chi connectivity index (χ4n) is 2.50. The lowest BCUT2D eigenvalue weighted by Crippen LogP contribution is -2.08. The SMILES string of the molecule is O=c1ooc(=O)c2cc3cc4ccccc4cc3cc12. The third kappa shape index (κ3) is 1.48. The van der Waals surface area contributed by atoms with E-state index in [9.17, 15) is 9.59 Å². The summed E-state index contributed by atoms with van der Waals surface area (Å²) >= 11 is 0. The Morgan fingerprint density at radius 3 is 1.50 bits per heavy atom. The molecule has 0 saturated carbocycles. The van der Waals surface area contributed by atoms with Crippen molar-refractivity contribution in [3.05, 3.63) is 69.4 Å². The molecule has 3 aromatic carbocycles. The first-order valence-electron chi connectivity index (χ1n) is 6.12. The Bertz CT molecular complexity index is 999. The molecule has 4 nitrogen and oxygen atoms in total. The summed E-state index contributed by atoms with van der Waals surface area (Å²) in [5.74, 6) is 0. The molecule has 0 saturated heterocycles. The second kappa shape index (κ2) is 3.81. The molecule has 0 radical (unpaired) electrons. The lowest BCUT2D eigenvalue weighted by Gasteiger charge is -2.03. The Morgan fingerprint density at radius 2 is 1.05 bits per heavy atom. The van der Waals surface area contributed by atoms with Crippen LogP contribution in [0.25, 0.3) is 32.3 Å². The molecule has 0 bridgehead atoms. The average Bonchev–Trinajstić information content (AvgIpc) is 2.47. The highest BCUT2D eigenvalue weighted by Gasteiger charge is 2.09. The van der Waals surface area contributed by atoms with Crippen LogP contribution in [0.2, 0.25) is 0 Å². The molecular formula is C16H8O4. The van der Waals surface area contributed by atoms with Gasteiger partial charge in [-0.15, -0.1) is 0 Å². The highest BCUT2D eigenvalue weighted by Crippen LogP contribution is 2.25. The fourth-order valence-corrected chi connectivity index (χ4v) is 2.50. The van der Waals surface area contributed by atoms with Crippen LogP contribution >= 0.6 is 0 Å². The minimum atomic E-state index is -0.644. The largest absolute Gasteiger partial charge is 0.387 e. The summed E-state index contributed by atoms with van der Waals surface area (Å²) in [7, 11) is 0. The van der Waals surface area contributed by atoms with Crippen molar-refractivity contribution in [3.8, 4) is 0 Å². The number of fused-ring (bicyclic) bond motifs is 3. The van der Waals surface area contributed by atoms with E-state index in [-0.39, 0.29) is 10.8 Å². The Morgan fingerprint density at radius 1 is 0.600 bits per heavy atom. The molecule has 4 heteroatoms. The minimum Gasteiger partial charge on any atom is -0.241 e. The molecule has 0 atom stereocenters. The Labute approximate surface area is 111 Å². The van der Waals surface area contributed by atoms with Gasteiger partial charge in [0, 0.05) is 0 Å². The number of hydrogen-bond donors (Lipinski definition) is 0. The minimum absolute atomic E-state index is 0.240. The van der Waals surface area contributed by atoms with E-state index in [1.54, 1.807) is 12.1 Å². The lowest BCUT2D eigenvalue weighted by atomic mass is 10.0. The topological polar surface area (TPSA) is 60.4 Å². The molecule has 1 heterocycles. The zero-order valence-corrected chi connectivity index (χ0v) is 10.3. The molecule has 0 spiro atoms. The molecule has 1 aromatic heterocycles. The van der Waals surface area contributed by atoms with E-state index in [0.29, 0.717) is 0 Å². The third-order valence-electron chi connectivity index (χ3n) is 3.47. The van der Waals surface area contributed by atoms with Crippen molar-refractivity contribution in [1.82, 2.24) is 0 Å². The van der Waals surface area contributed by atoms with Gasteiger partial charge in [0.15, 0.2) is 0 Å². The second-order valence-corrected chi connectivity index (χ2v) is 4.69. The van der Waals surface area contributed by atoms with Gasteiger partial charge in [0.05, 0.1) is 10.8 Å². The molecule has 0 N–H and O–H groups in total. The monoisotopic (exact) mass is 264 g/mol. The van der Waals surface area contributed by atoms with Gasteiger partial charge in [0.1, 0.15) is 0 Å². The third-order valence-corrected chi connectivity index (χ3v) is 3.47. The van der Waals surface area contributed by atoms with E-state index in [1.165, 1.54) is 0 Å². The van der Waals surface area contributed by atoms with Crippen LogP contribution in [0.15, 0.2) is 67.3 Å². The maximum atomic E-state index is 11.6. The second-order valence-electron chi connectivity index (χ2n) is 4.69. The summed E-state index contributed by atoms with van der Waals surface area (Å²) in [6, 6.07) is 15.2. The maximum absolute atomic E-state index is 11.6. The van der Waals surface area contributed by atoms with E-state index in [2.05, 4.69) is 9.15 Å². The van der Waals surface area contributed by atoms with Gasteiger partial charge in [-0.1, -0.05) is 24.3 Å². The zero-order chi connectivity index (χ0) is 13.7. The first-order chi connectivity index (χ1) is 9.72. The smallest absolute Gasteiger partial charge is 0.241 e. The van der Waals surface area contributed by atoms with Gasteiger partial charge in [-0.3, -0.25) is 0 Å². The zero-order valence-electron chi connectivity index (χ0n) is 10.3. The maximum Gasteiger partial charge on any atom is 0.387 e. The van der Waals surface area contributed by atoms with Crippen molar-refractivity contribution in [2.45, 2.75) is 0 Å². The van der Waals surface area contributed by atoms with Gasteiger partial charge in [0.25, 0.3) is 0 Å². The highest BCUT2D eigenvalue weighted by molar-refractivity contribution is 6.04. The summed E-state index contributed by atoms with van der Waals surface area (Å²) in [4.78, 5) is 23.3. The Balaban J connectivity index is 2.27. The van der Waals surface area contributed by atoms with Crippen molar-refractivity contribution in [1.29, 1.82) is 0 Å². The van der Waals surface area contributed by atoms with Crippen LogP contribution in [-0.4, -0.2) is 0 Å². The fraction of sp³-hybridized carbons (Fsp3) is 0. The van der Waals surface area contributed by atoms with Crippen LogP contribution in [0, 0.1) is 0 Å². The molecule has 4 rings (SSSR count). The predicted octanol–water partition coefficient (Wildman–Crippen LogP) is 3.05. The van der Waals surface area contributed by atoms with Gasteiger partial charge < -0.3 is 0 Å². The van der Waals surface area contributed by atoms with Crippen LogP contribution in [0.4, 0.5) is 0 Å². The molecule has 0 fully saturated rings. The van der Waals surface area contributed by atoms with Crippen LogP contribution in [0.5, 0.6) is 0 Å². The van der Waals surface area contributed by atoms with Crippen molar-refractivity contribution in [3.63, 3.8) is 0 Å². The number of hydrogen-bond acceptors (Lipinski definition) is 4. The van der Waals surface area contributed by atoms with Crippen molar-refractivity contribution < 1.29 is 9.15 Å². The van der Waals surface area contributed by atoms with Crippen molar-refractivity contribution >= 4 is 32.3 Å². The van der Waals surface area contributed by atoms with E-state index in [1.807, 2.05) is 36.4 Å². The summed E-state index contributed by atoms with van der Waals surface area (Å²) in [5.41, 5.74) is -1.29. The summed E-state index contributed by atoms with van der Waals surface area (Å²) in [6.07, 6.45) is 0. The lowest BCUT2D eigenvalue weighted by molar-refractivity contribution is 0.0217. The summed E-state index contributed by atoms with van der Waals surface area (Å²) < 4.78 is 8.73. The number of benzene rings is 3. The number of rotatable bonds is 0. The van der Waals surface area contributed by atoms with Gasteiger partial charge >= 0.3 is 11.3 Å². The molecule has 0 aliphatic heterocycles. The van der Waals surface area contributed by atoms with Gasteiger partial charge in [-0.2, -0.15) is 0 Å². The van der Waals surface area contributed by atoms with E-state index in [0.717, 1.165) is 21.5 Å². The first-order valence-corrected chi connectivity index (χ1v) is 6.12. The molecule has 0 aliphatic rings. The summed E-state index contributed by atoms with van der Waals surface area (Å²) in [5, 5.41) is 4.40. The van der Waals surface area contributed by atoms with Crippen LogP contribution in [0.3, 0.4) is 0 Å². The quantitative estimate of drug-likeness (QED) is 0.362. The predicted molar refractivity (Wildman–Crippen MR) is 76.0 cm³/mol. The molecular weight excluding hydrogens is 256 g/mol. The molecule has 96 valence electrons. The highest BCUT2D eigenvalue weighted by atomic mass is 17.0. The van der Waals surface area contributed by atoms with Crippen LogP contribution in [0.1, 0.15) is 0 Å². The first kappa shape index (κ1) is 11.0. The molecule has 4 aromatic rings. The summed E-state index contributed by atoms with van der Waals surface area (Å²) in [6.45, 7) is 0. The van der Waals surface area contributed by atoms with Gasteiger partial charge in [0.2, 0.25) is 0 Å². The van der Waals surface area contributed by atoms with Gasteiger partial charge in [-0.05, 0) is 45.8 Å². The van der Waals surface area contributed by atoms with Crippen molar-refractivity contribution in [2.75, 3.05) is 0 Å². The molecule has 0 aliphatic carbocycles. The molecule has 20 heavy (non-hydrogen) atoms. The Kier molecular flexibility index (Phi) is 2.09. The van der Waals surface area contributed by atoms with Crippen molar-refractivity contribution in [2.24, 2.45) is 0 Å². The van der Waals surface area contributed by atoms with Crippen LogP contribution < -0.4 is 11.3 Å². The van der Waals surface area contributed by atoms with E-state index in [4.69, 9.17) is 0 Å². The van der Waals surface area contributed by atoms with E-state index < -0.39 is 11.3 Å². The standard InChI is InChI=1S/C16H8O4/c17-15-13-7-11-5-9-3-1-2-4-10(9)6-12(11)8-14(13)16(18)20-19-15/h1-8H.